The summed E-state index contributed by atoms with van der Waals surface area (Å²) in [4.78, 5) is 29.3. The highest BCUT2D eigenvalue weighted by Crippen LogP contribution is 2.25. The molecule has 1 aromatic rings. The number of benzene rings is 1. The third-order valence-electron chi connectivity index (χ3n) is 5.35. The van der Waals surface area contributed by atoms with Gasteiger partial charge in [0.25, 0.3) is 11.8 Å². The minimum absolute atomic E-state index is 0.0311. The first-order chi connectivity index (χ1) is 12.5. The molecule has 0 radical (unpaired) electrons. The van der Waals surface area contributed by atoms with Crippen molar-refractivity contribution in [2.75, 3.05) is 39.9 Å². The third-order valence-corrected chi connectivity index (χ3v) is 5.35. The summed E-state index contributed by atoms with van der Waals surface area (Å²) in [5.41, 5.74) is 2.76. The van der Waals surface area contributed by atoms with Gasteiger partial charge in [0.05, 0.1) is 12.7 Å². The fourth-order valence-corrected chi connectivity index (χ4v) is 3.61. The van der Waals surface area contributed by atoms with Gasteiger partial charge in [0, 0.05) is 32.8 Å². The quantitative estimate of drug-likeness (QED) is 0.829. The fourth-order valence-electron chi connectivity index (χ4n) is 3.61. The Morgan fingerprint density at radius 1 is 1.04 bits per heavy atom. The predicted octanol–water partition coefficient (Wildman–Crippen LogP) is 2.17. The van der Waals surface area contributed by atoms with Crippen LogP contribution < -0.4 is 4.74 Å². The lowest BCUT2D eigenvalue weighted by Crippen LogP contribution is -2.41. The van der Waals surface area contributed by atoms with E-state index < -0.39 is 0 Å². The molecular weight excluding hydrogens is 332 g/mol. The predicted molar refractivity (Wildman–Crippen MR) is 98.5 cm³/mol. The van der Waals surface area contributed by atoms with Gasteiger partial charge in [-0.15, -0.1) is 0 Å². The Hall–Kier alpha value is -2.08. The molecule has 6 heteroatoms. The van der Waals surface area contributed by atoms with Gasteiger partial charge in [-0.3, -0.25) is 9.59 Å². The Balaban J connectivity index is 1.70. The number of carbonyl (C=O) groups is 2. The van der Waals surface area contributed by atoms with E-state index in [0.717, 1.165) is 30.4 Å². The molecule has 0 bridgehead atoms. The monoisotopic (exact) mass is 360 g/mol. The van der Waals surface area contributed by atoms with Crippen LogP contribution in [0, 0.1) is 13.8 Å². The lowest BCUT2D eigenvalue weighted by molar-refractivity contribution is -0.140. The van der Waals surface area contributed by atoms with Crippen molar-refractivity contribution in [3.8, 4) is 5.75 Å². The lowest BCUT2D eigenvalue weighted by Gasteiger charge is -2.24. The van der Waals surface area contributed by atoms with Gasteiger partial charge in [-0.1, -0.05) is 0 Å². The van der Waals surface area contributed by atoms with Crippen LogP contribution in [0.4, 0.5) is 0 Å². The molecule has 1 unspecified atom stereocenters. The average molecular weight is 360 g/mol. The Kier molecular flexibility index (Phi) is 5.81. The number of hydrogen-bond donors (Lipinski definition) is 0. The molecule has 0 N–H and O–H groups in total. The summed E-state index contributed by atoms with van der Waals surface area (Å²) in [6, 6.07) is 3.81. The van der Waals surface area contributed by atoms with Gasteiger partial charge in [0.1, 0.15) is 11.9 Å². The zero-order chi connectivity index (χ0) is 18.7. The van der Waals surface area contributed by atoms with E-state index in [1.807, 2.05) is 35.8 Å². The van der Waals surface area contributed by atoms with E-state index in [1.54, 1.807) is 7.11 Å². The van der Waals surface area contributed by atoms with Gasteiger partial charge in [-0.25, -0.2) is 0 Å². The van der Waals surface area contributed by atoms with Gasteiger partial charge in [-0.2, -0.15) is 0 Å². The SMILES string of the molecule is COc1cc(C)c(C)cc1C(=O)N1CCCN(C(=O)C2CCCO2)CC1. The van der Waals surface area contributed by atoms with Gasteiger partial charge in [-0.05, 0) is 56.4 Å². The van der Waals surface area contributed by atoms with Crippen LogP contribution in [0.5, 0.6) is 5.75 Å². The molecule has 0 aliphatic carbocycles. The molecule has 142 valence electrons. The average Bonchev–Trinajstić information content (AvgIpc) is 3.07. The normalized spacial score (nSPS) is 20.8. The zero-order valence-electron chi connectivity index (χ0n) is 15.9. The summed E-state index contributed by atoms with van der Waals surface area (Å²) in [5.74, 6) is 0.645. The number of amides is 2. The number of ether oxygens (including phenoxy) is 2. The van der Waals surface area contributed by atoms with Crippen LogP contribution in [-0.4, -0.2) is 67.6 Å². The van der Waals surface area contributed by atoms with E-state index in [1.165, 1.54) is 0 Å². The van der Waals surface area contributed by atoms with E-state index in [4.69, 9.17) is 9.47 Å². The largest absolute Gasteiger partial charge is 0.496 e. The maximum atomic E-state index is 13.0. The number of aryl methyl sites for hydroxylation is 2. The van der Waals surface area contributed by atoms with Crippen molar-refractivity contribution in [2.45, 2.75) is 39.2 Å². The highest BCUT2D eigenvalue weighted by Gasteiger charge is 2.30. The lowest BCUT2D eigenvalue weighted by atomic mass is 10.0. The van der Waals surface area contributed by atoms with E-state index in [2.05, 4.69) is 0 Å². The maximum Gasteiger partial charge on any atom is 0.257 e. The van der Waals surface area contributed by atoms with Crippen LogP contribution in [0.3, 0.4) is 0 Å². The number of rotatable bonds is 3. The van der Waals surface area contributed by atoms with Crippen molar-refractivity contribution in [1.29, 1.82) is 0 Å². The van der Waals surface area contributed by atoms with E-state index >= 15 is 0 Å². The molecule has 26 heavy (non-hydrogen) atoms. The van der Waals surface area contributed by atoms with Crippen LogP contribution in [0.25, 0.3) is 0 Å². The third kappa shape index (κ3) is 3.85. The van der Waals surface area contributed by atoms with Gasteiger partial charge >= 0.3 is 0 Å². The van der Waals surface area contributed by atoms with Crippen molar-refractivity contribution < 1.29 is 19.1 Å². The van der Waals surface area contributed by atoms with Crippen LogP contribution in [0.15, 0.2) is 12.1 Å². The molecule has 2 aliphatic heterocycles. The minimum atomic E-state index is -0.294. The van der Waals surface area contributed by atoms with Crippen LogP contribution in [-0.2, 0) is 9.53 Å². The molecule has 0 spiro atoms. The van der Waals surface area contributed by atoms with E-state index in [-0.39, 0.29) is 17.9 Å². The maximum absolute atomic E-state index is 13.0. The number of hydrogen-bond acceptors (Lipinski definition) is 4. The molecule has 1 atom stereocenters. The molecule has 2 aliphatic rings. The first-order valence-electron chi connectivity index (χ1n) is 9.36. The Morgan fingerprint density at radius 2 is 1.73 bits per heavy atom. The molecule has 2 fully saturated rings. The van der Waals surface area contributed by atoms with Crippen molar-refractivity contribution >= 4 is 11.8 Å². The standard InChI is InChI=1S/C20H28N2O4/c1-14-12-16(18(25-3)13-15(14)2)19(23)21-7-5-8-22(10-9-21)20(24)17-6-4-11-26-17/h12-13,17H,4-11H2,1-3H3. The van der Waals surface area contributed by atoms with Gasteiger partial charge in [0.15, 0.2) is 0 Å². The Morgan fingerprint density at radius 3 is 2.42 bits per heavy atom. The topological polar surface area (TPSA) is 59.1 Å². The van der Waals surface area contributed by atoms with Crippen LogP contribution in [0.2, 0.25) is 0 Å². The second-order valence-electron chi connectivity index (χ2n) is 7.11. The highest BCUT2D eigenvalue weighted by molar-refractivity contribution is 5.97. The first kappa shape index (κ1) is 18.7. The summed E-state index contributed by atoms with van der Waals surface area (Å²) in [6.45, 7) is 7.08. The molecule has 0 saturated carbocycles. The fraction of sp³-hybridized carbons (Fsp3) is 0.600. The molecule has 0 aromatic heterocycles. The summed E-state index contributed by atoms with van der Waals surface area (Å²) in [6.07, 6.45) is 2.23. The van der Waals surface area contributed by atoms with Crippen molar-refractivity contribution in [3.05, 3.63) is 28.8 Å². The van der Waals surface area contributed by atoms with Gasteiger partial charge in [0.2, 0.25) is 0 Å². The van der Waals surface area contributed by atoms with Crippen molar-refractivity contribution in [3.63, 3.8) is 0 Å². The second-order valence-corrected chi connectivity index (χ2v) is 7.11. The molecule has 3 rings (SSSR count). The number of methoxy groups -OCH3 is 1. The van der Waals surface area contributed by atoms with E-state index in [9.17, 15) is 9.59 Å². The summed E-state index contributed by atoms with van der Waals surface area (Å²) in [5, 5.41) is 0. The smallest absolute Gasteiger partial charge is 0.257 e. The van der Waals surface area contributed by atoms with E-state index in [0.29, 0.717) is 44.1 Å². The molecule has 1 aromatic carbocycles. The number of carbonyl (C=O) groups excluding carboxylic acids is 2. The summed E-state index contributed by atoms with van der Waals surface area (Å²) in [7, 11) is 1.59. The zero-order valence-corrected chi connectivity index (χ0v) is 15.9. The molecule has 2 heterocycles. The van der Waals surface area contributed by atoms with Crippen molar-refractivity contribution in [1.82, 2.24) is 9.80 Å². The summed E-state index contributed by atoms with van der Waals surface area (Å²) < 4.78 is 10.9. The second kappa shape index (κ2) is 8.08. The number of nitrogens with zero attached hydrogens (tertiary/aromatic N) is 2. The Bertz CT molecular complexity index is 683. The molecule has 2 amide bonds. The van der Waals surface area contributed by atoms with Crippen LogP contribution in [0.1, 0.15) is 40.7 Å². The highest BCUT2D eigenvalue weighted by atomic mass is 16.5. The van der Waals surface area contributed by atoms with Gasteiger partial charge < -0.3 is 19.3 Å². The molecular formula is C20H28N2O4. The first-order valence-corrected chi connectivity index (χ1v) is 9.36. The van der Waals surface area contributed by atoms with Crippen molar-refractivity contribution in [2.24, 2.45) is 0 Å². The molecule has 6 nitrogen and oxygen atoms in total. The van der Waals surface area contributed by atoms with Crippen LogP contribution >= 0.6 is 0 Å². The summed E-state index contributed by atoms with van der Waals surface area (Å²) >= 11 is 0. The minimum Gasteiger partial charge on any atom is -0.496 e. The molecule has 2 saturated heterocycles. The Labute approximate surface area is 155 Å².